The van der Waals surface area contributed by atoms with E-state index in [-0.39, 0.29) is 11.8 Å². The number of thioether (sulfide) groups is 1. The summed E-state index contributed by atoms with van der Waals surface area (Å²) in [5.74, 6) is 10.6. The molecular weight excluding hydrogens is 192 g/mol. The van der Waals surface area contributed by atoms with Gasteiger partial charge in [0.25, 0.3) is 0 Å². The topological polar surface area (TPSA) is 110 Å². The number of hydrazine groups is 2. The molecular formula is C6H14N4O2S. The van der Waals surface area contributed by atoms with Crippen LogP contribution >= 0.6 is 11.8 Å². The Morgan fingerprint density at radius 1 is 1.00 bits per heavy atom. The fourth-order valence-corrected chi connectivity index (χ4v) is 1.44. The minimum absolute atomic E-state index is 0.198. The van der Waals surface area contributed by atoms with Gasteiger partial charge in [0.2, 0.25) is 11.8 Å². The predicted octanol–water partition coefficient (Wildman–Crippen LogP) is -1.52. The van der Waals surface area contributed by atoms with Crippen molar-refractivity contribution in [3.05, 3.63) is 0 Å². The van der Waals surface area contributed by atoms with Crippen LogP contribution in [0.15, 0.2) is 0 Å². The summed E-state index contributed by atoms with van der Waals surface area (Å²) in [4.78, 5) is 21.2. The van der Waals surface area contributed by atoms with Crippen molar-refractivity contribution >= 4 is 23.6 Å². The minimum Gasteiger partial charge on any atom is -0.294 e. The summed E-state index contributed by atoms with van der Waals surface area (Å²) in [6.45, 7) is 0. The van der Waals surface area contributed by atoms with Crippen molar-refractivity contribution in [2.45, 2.75) is 12.8 Å². The highest BCUT2D eigenvalue weighted by molar-refractivity contribution is 7.99. The first-order chi connectivity index (χ1) is 6.20. The maximum Gasteiger partial charge on any atom is 0.234 e. The van der Waals surface area contributed by atoms with Gasteiger partial charge in [0.15, 0.2) is 0 Å². The summed E-state index contributed by atoms with van der Waals surface area (Å²) in [5, 5.41) is 0. The lowest BCUT2D eigenvalue weighted by atomic mass is 10.5. The number of hydrogen-bond acceptors (Lipinski definition) is 5. The molecule has 0 saturated heterocycles. The molecule has 0 heterocycles. The summed E-state index contributed by atoms with van der Waals surface area (Å²) in [6, 6.07) is 0. The quantitative estimate of drug-likeness (QED) is 0.182. The third-order valence-corrected chi connectivity index (χ3v) is 2.25. The van der Waals surface area contributed by atoms with Crippen molar-refractivity contribution in [1.29, 1.82) is 0 Å². The largest absolute Gasteiger partial charge is 0.294 e. The standard InChI is InChI=1S/C6H14N4O2S/c7-9-5(11)1-3-13-4-2-6(12)10-8/h1-4,7-8H2,(H,9,11)(H,10,12). The van der Waals surface area contributed by atoms with Crippen LogP contribution in [0.2, 0.25) is 0 Å². The average molecular weight is 206 g/mol. The minimum atomic E-state index is -0.198. The molecule has 0 rings (SSSR count). The van der Waals surface area contributed by atoms with E-state index in [1.807, 2.05) is 10.9 Å². The number of nitrogens with two attached hydrogens (primary N) is 2. The second-order valence-corrected chi connectivity index (χ2v) is 3.47. The van der Waals surface area contributed by atoms with Gasteiger partial charge in [-0.25, -0.2) is 11.7 Å². The Kier molecular flexibility index (Phi) is 7.36. The molecule has 0 aromatic heterocycles. The van der Waals surface area contributed by atoms with Gasteiger partial charge in [0.05, 0.1) is 0 Å². The van der Waals surface area contributed by atoms with Crippen LogP contribution in [-0.4, -0.2) is 23.3 Å². The van der Waals surface area contributed by atoms with E-state index < -0.39 is 0 Å². The van der Waals surface area contributed by atoms with Crippen LogP contribution < -0.4 is 22.5 Å². The Labute approximate surface area is 80.7 Å². The molecule has 6 nitrogen and oxygen atoms in total. The molecule has 13 heavy (non-hydrogen) atoms. The Morgan fingerprint density at radius 2 is 1.38 bits per heavy atom. The van der Waals surface area contributed by atoms with E-state index in [2.05, 4.69) is 0 Å². The molecule has 0 bridgehead atoms. The molecule has 0 aromatic carbocycles. The lowest BCUT2D eigenvalue weighted by Gasteiger charge is -2.00. The molecule has 6 N–H and O–H groups in total. The van der Waals surface area contributed by atoms with E-state index in [1.165, 1.54) is 11.8 Å². The Balaban J connectivity index is 3.17. The maximum atomic E-state index is 10.6. The van der Waals surface area contributed by atoms with Crippen LogP contribution in [-0.2, 0) is 9.59 Å². The van der Waals surface area contributed by atoms with Gasteiger partial charge in [-0.15, -0.1) is 0 Å². The van der Waals surface area contributed by atoms with Gasteiger partial charge in [0.1, 0.15) is 0 Å². The van der Waals surface area contributed by atoms with Crippen LogP contribution in [0.25, 0.3) is 0 Å². The van der Waals surface area contributed by atoms with Crippen molar-refractivity contribution in [1.82, 2.24) is 10.9 Å². The SMILES string of the molecule is NNC(=O)CCSCCC(=O)NN. The molecule has 7 heteroatoms. The number of nitrogens with one attached hydrogen (secondary N) is 2. The summed E-state index contributed by atoms with van der Waals surface area (Å²) < 4.78 is 0. The van der Waals surface area contributed by atoms with Gasteiger partial charge < -0.3 is 0 Å². The predicted molar refractivity (Wildman–Crippen MR) is 51.2 cm³/mol. The zero-order valence-electron chi connectivity index (χ0n) is 7.21. The van der Waals surface area contributed by atoms with Crippen LogP contribution in [0.3, 0.4) is 0 Å². The van der Waals surface area contributed by atoms with E-state index in [9.17, 15) is 9.59 Å². The first kappa shape index (κ1) is 12.2. The third-order valence-electron chi connectivity index (χ3n) is 1.27. The van der Waals surface area contributed by atoms with Crippen LogP contribution in [0.4, 0.5) is 0 Å². The van der Waals surface area contributed by atoms with Gasteiger partial charge in [-0.3, -0.25) is 20.4 Å². The molecule has 76 valence electrons. The first-order valence-corrected chi connectivity index (χ1v) is 4.92. The zero-order chi connectivity index (χ0) is 10.1. The molecule has 0 unspecified atom stereocenters. The van der Waals surface area contributed by atoms with Crippen molar-refractivity contribution in [2.24, 2.45) is 11.7 Å². The molecule has 0 aliphatic heterocycles. The molecule has 0 aliphatic rings. The highest BCUT2D eigenvalue weighted by Crippen LogP contribution is 2.03. The molecule has 0 radical (unpaired) electrons. The van der Waals surface area contributed by atoms with Crippen molar-refractivity contribution < 1.29 is 9.59 Å². The summed E-state index contributed by atoms with van der Waals surface area (Å²) in [7, 11) is 0. The lowest BCUT2D eigenvalue weighted by Crippen LogP contribution is -2.30. The zero-order valence-corrected chi connectivity index (χ0v) is 8.02. The molecule has 2 amide bonds. The number of amides is 2. The second kappa shape index (κ2) is 7.84. The Morgan fingerprint density at radius 3 is 1.69 bits per heavy atom. The van der Waals surface area contributed by atoms with Crippen molar-refractivity contribution in [2.75, 3.05) is 11.5 Å². The van der Waals surface area contributed by atoms with E-state index in [4.69, 9.17) is 11.7 Å². The molecule has 0 spiro atoms. The van der Waals surface area contributed by atoms with Gasteiger partial charge in [0, 0.05) is 24.3 Å². The van der Waals surface area contributed by atoms with Gasteiger partial charge in [-0.1, -0.05) is 0 Å². The first-order valence-electron chi connectivity index (χ1n) is 3.77. The van der Waals surface area contributed by atoms with Gasteiger partial charge in [-0.05, 0) is 0 Å². The van der Waals surface area contributed by atoms with Crippen LogP contribution in [0.5, 0.6) is 0 Å². The van der Waals surface area contributed by atoms with E-state index in [0.717, 1.165) is 0 Å². The molecule has 0 fully saturated rings. The van der Waals surface area contributed by atoms with Gasteiger partial charge >= 0.3 is 0 Å². The summed E-state index contributed by atoms with van der Waals surface area (Å²) in [6.07, 6.45) is 0.733. The maximum absolute atomic E-state index is 10.6. The monoisotopic (exact) mass is 206 g/mol. The molecule has 0 saturated carbocycles. The highest BCUT2D eigenvalue weighted by Gasteiger charge is 2.00. The summed E-state index contributed by atoms with van der Waals surface area (Å²) in [5.41, 5.74) is 4.05. The lowest BCUT2D eigenvalue weighted by molar-refractivity contribution is -0.121. The van der Waals surface area contributed by atoms with E-state index in [0.29, 0.717) is 24.3 Å². The van der Waals surface area contributed by atoms with Crippen LogP contribution in [0.1, 0.15) is 12.8 Å². The number of rotatable bonds is 6. The highest BCUT2D eigenvalue weighted by atomic mass is 32.2. The van der Waals surface area contributed by atoms with Crippen LogP contribution in [0, 0.1) is 0 Å². The molecule has 0 aliphatic carbocycles. The number of carbonyl (C=O) groups excluding carboxylic acids is 2. The molecule has 0 atom stereocenters. The normalized spacial score (nSPS) is 9.38. The van der Waals surface area contributed by atoms with Crippen molar-refractivity contribution in [3.8, 4) is 0 Å². The Bertz CT molecular complexity index is 158. The average Bonchev–Trinajstić information content (AvgIpc) is 2.16. The number of carbonyl (C=O) groups is 2. The van der Waals surface area contributed by atoms with E-state index in [1.54, 1.807) is 0 Å². The smallest absolute Gasteiger partial charge is 0.234 e. The fraction of sp³-hybridized carbons (Fsp3) is 0.667. The number of hydrogen-bond donors (Lipinski definition) is 4. The summed E-state index contributed by atoms with van der Waals surface area (Å²) >= 11 is 1.51. The third kappa shape index (κ3) is 7.57. The van der Waals surface area contributed by atoms with E-state index >= 15 is 0 Å². The fourth-order valence-electron chi connectivity index (χ4n) is 0.576. The second-order valence-electron chi connectivity index (χ2n) is 2.25. The van der Waals surface area contributed by atoms with Crippen molar-refractivity contribution in [3.63, 3.8) is 0 Å². The molecule has 0 aromatic rings. The van der Waals surface area contributed by atoms with Gasteiger partial charge in [-0.2, -0.15) is 11.8 Å². The Hall–Kier alpha value is -0.790.